The van der Waals surface area contributed by atoms with Crippen LogP contribution in [0, 0.1) is 0 Å². The van der Waals surface area contributed by atoms with E-state index in [4.69, 9.17) is 9.84 Å². The van der Waals surface area contributed by atoms with Gasteiger partial charge in [0.05, 0.1) is 11.5 Å². The highest BCUT2D eigenvalue weighted by atomic mass is 32.2. The molecule has 0 aromatic heterocycles. The second-order valence-electron chi connectivity index (χ2n) is 4.53. The van der Waals surface area contributed by atoms with Crippen LogP contribution in [-0.2, 0) is 24.2 Å². The maximum atomic E-state index is 11.9. The molecule has 0 radical (unpaired) electrons. The molecule has 0 aromatic rings. The molecule has 1 fully saturated rings. The zero-order chi connectivity index (χ0) is 14.6. The fourth-order valence-electron chi connectivity index (χ4n) is 2.01. The summed E-state index contributed by atoms with van der Waals surface area (Å²) in [5.74, 6) is -1.45. The summed E-state index contributed by atoms with van der Waals surface area (Å²) < 4.78 is 27.7. The van der Waals surface area contributed by atoms with E-state index in [1.54, 1.807) is 6.92 Å². The van der Waals surface area contributed by atoms with Gasteiger partial charge in [-0.1, -0.05) is 0 Å². The topological polar surface area (TPSA) is 101 Å². The summed E-state index contributed by atoms with van der Waals surface area (Å²) in [4.78, 5) is 23.9. The molecule has 0 aromatic carbocycles. The number of carboxylic acid groups (broad SMARTS) is 1. The van der Waals surface area contributed by atoms with Gasteiger partial charge in [-0.15, -0.1) is 0 Å². The molecule has 7 nitrogen and oxygen atoms in total. The summed E-state index contributed by atoms with van der Waals surface area (Å²) in [6.45, 7) is 3.12. The Labute approximate surface area is 112 Å². The summed E-state index contributed by atoms with van der Waals surface area (Å²) in [5.41, 5.74) is 0. The van der Waals surface area contributed by atoms with Crippen molar-refractivity contribution in [2.24, 2.45) is 0 Å². The number of carboxylic acids is 1. The van der Waals surface area contributed by atoms with Crippen LogP contribution >= 0.6 is 0 Å². The Morgan fingerprint density at radius 3 is 2.53 bits per heavy atom. The van der Waals surface area contributed by atoms with Crippen LogP contribution < -0.4 is 0 Å². The van der Waals surface area contributed by atoms with Gasteiger partial charge in [-0.05, 0) is 20.3 Å². The summed E-state index contributed by atoms with van der Waals surface area (Å²) in [7, 11) is -3.06. The summed E-state index contributed by atoms with van der Waals surface area (Å²) in [6.07, 6.45) is -0.633. The summed E-state index contributed by atoms with van der Waals surface area (Å²) in [5, 5.41) is 8.64. The zero-order valence-electron chi connectivity index (χ0n) is 11.0. The largest absolute Gasteiger partial charge is 0.479 e. The van der Waals surface area contributed by atoms with E-state index >= 15 is 0 Å². The first kappa shape index (κ1) is 15.9. The molecule has 1 rings (SSSR count). The van der Waals surface area contributed by atoms with E-state index < -0.39 is 21.9 Å². The number of amides is 1. The average Bonchev–Trinajstić information content (AvgIpc) is 2.67. The van der Waals surface area contributed by atoms with Crippen molar-refractivity contribution in [3.63, 3.8) is 0 Å². The van der Waals surface area contributed by atoms with Crippen molar-refractivity contribution in [1.29, 1.82) is 0 Å². The molecule has 1 heterocycles. The van der Waals surface area contributed by atoms with E-state index in [0.29, 0.717) is 13.0 Å². The lowest BCUT2D eigenvalue weighted by Gasteiger charge is -2.27. The van der Waals surface area contributed by atoms with Crippen LogP contribution in [0.25, 0.3) is 0 Å². The van der Waals surface area contributed by atoms with Crippen molar-refractivity contribution in [2.45, 2.75) is 32.4 Å². The Kier molecular flexibility index (Phi) is 5.30. The SMILES string of the molecule is CCN(C(=O)CO[C@H](C)C(=O)O)C1CCS(=O)(=O)C1. The van der Waals surface area contributed by atoms with Crippen LogP contribution in [0.15, 0.2) is 0 Å². The highest BCUT2D eigenvalue weighted by Crippen LogP contribution is 2.17. The third-order valence-corrected chi connectivity index (χ3v) is 4.87. The molecule has 1 unspecified atom stereocenters. The van der Waals surface area contributed by atoms with Gasteiger partial charge < -0.3 is 14.7 Å². The molecule has 1 saturated heterocycles. The lowest BCUT2D eigenvalue weighted by atomic mass is 10.2. The standard InChI is InChI=1S/C11H19NO6S/c1-3-12(9-4-5-19(16,17)7-9)10(13)6-18-8(2)11(14)15/h8-9H,3-7H2,1-2H3,(H,14,15)/t8-,9?/m1/s1. The van der Waals surface area contributed by atoms with Crippen LogP contribution in [-0.4, -0.2) is 67.1 Å². The Bertz CT molecular complexity index is 446. The third kappa shape index (κ3) is 4.46. The number of ether oxygens (including phenoxy) is 1. The molecule has 0 bridgehead atoms. The molecule has 1 N–H and O–H groups in total. The number of rotatable bonds is 6. The van der Waals surface area contributed by atoms with Gasteiger partial charge in [-0.3, -0.25) is 4.79 Å². The molecule has 2 atom stereocenters. The number of hydrogen-bond donors (Lipinski definition) is 1. The Balaban J connectivity index is 2.56. The van der Waals surface area contributed by atoms with Gasteiger partial charge in [-0.2, -0.15) is 0 Å². The number of hydrogen-bond acceptors (Lipinski definition) is 5. The predicted octanol–water partition coefficient (Wildman–Crippen LogP) is -0.488. The first-order valence-corrected chi connectivity index (χ1v) is 7.93. The van der Waals surface area contributed by atoms with Crippen molar-refractivity contribution < 1.29 is 27.9 Å². The van der Waals surface area contributed by atoms with E-state index in [0.717, 1.165) is 0 Å². The van der Waals surface area contributed by atoms with Crippen LogP contribution in [0.5, 0.6) is 0 Å². The second kappa shape index (κ2) is 6.33. The van der Waals surface area contributed by atoms with E-state index in [9.17, 15) is 18.0 Å². The monoisotopic (exact) mass is 293 g/mol. The second-order valence-corrected chi connectivity index (χ2v) is 6.76. The van der Waals surface area contributed by atoms with Gasteiger partial charge in [0.1, 0.15) is 6.61 Å². The van der Waals surface area contributed by atoms with E-state index in [-0.39, 0.29) is 30.1 Å². The Morgan fingerprint density at radius 2 is 2.11 bits per heavy atom. The summed E-state index contributed by atoms with van der Waals surface area (Å²) >= 11 is 0. The predicted molar refractivity (Wildman–Crippen MR) is 67.5 cm³/mol. The van der Waals surface area contributed by atoms with Gasteiger partial charge in [0.2, 0.25) is 5.91 Å². The number of likely N-dealkylation sites (N-methyl/N-ethyl adjacent to an activating group) is 1. The third-order valence-electron chi connectivity index (χ3n) is 3.11. The molecule has 110 valence electrons. The normalized spacial score (nSPS) is 22.9. The van der Waals surface area contributed by atoms with Crippen LogP contribution in [0.2, 0.25) is 0 Å². The van der Waals surface area contributed by atoms with Crippen molar-refractivity contribution in [1.82, 2.24) is 4.90 Å². The molecule has 0 saturated carbocycles. The van der Waals surface area contributed by atoms with Gasteiger partial charge in [0.25, 0.3) is 0 Å². The zero-order valence-corrected chi connectivity index (χ0v) is 11.9. The first-order valence-electron chi connectivity index (χ1n) is 6.11. The molecule has 0 spiro atoms. The number of aliphatic carboxylic acids is 1. The molecule has 0 aliphatic carbocycles. The van der Waals surface area contributed by atoms with E-state index in [1.807, 2.05) is 0 Å². The summed E-state index contributed by atoms with van der Waals surface area (Å²) in [6, 6.07) is -0.328. The van der Waals surface area contributed by atoms with Crippen molar-refractivity contribution in [3.05, 3.63) is 0 Å². The minimum absolute atomic E-state index is 0.0267. The van der Waals surface area contributed by atoms with Crippen molar-refractivity contribution in [2.75, 3.05) is 24.7 Å². The van der Waals surface area contributed by atoms with Gasteiger partial charge in [0.15, 0.2) is 15.9 Å². The number of sulfone groups is 1. The molecule has 1 aliphatic heterocycles. The molecule has 1 amide bonds. The minimum Gasteiger partial charge on any atom is -0.479 e. The van der Waals surface area contributed by atoms with Crippen molar-refractivity contribution >= 4 is 21.7 Å². The molecule has 8 heteroatoms. The molecular weight excluding hydrogens is 274 g/mol. The molecule has 1 aliphatic rings. The fourth-order valence-corrected chi connectivity index (χ4v) is 3.74. The lowest BCUT2D eigenvalue weighted by Crippen LogP contribution is -2.43. The number of carbonyl (C=O) groups excluding carboxylic acids is 1. The molecular formula is C11H19NO6S. The maximum Gasteiger partial charge on any atom is 0.332 e. The average molecular weight is 293 g/mol. The van der Waals surface area contributed by atoms with Gasteiger partial charge in [-0.25, -0.2) is 13.2 Å². The minimum atomic E-state index is -3.06. The lowest BCUT2D eigenvalue weighted by molar-refractivity contribution is -0.153. The highest BCUT2D eigenvalue weighted by Gasteiger charge is 2.34. The van der Waals surface area contributed by atoms with Gasteiger partial charge in [0, 0.05) is 12.6 Å². The highest BCUT2D eigenvalue weighted by molar-refractivity contribution is 7.91. The maximum absolute atomic E-state index is 11.9. The number of nitrogens with zero attached hydrogens (tertiary/aromatic N) is 1. The van der Waals surface area contributed by atoms with Crippen LogP contribution in [0.3, 0.4) is 0 Å². The quantitative estimate of drug-likeness (QED) is 0.709. The Hall–Kier alpha value is -1.15. The van der Waals surface area contributed by atoms with Crippen LogP contribution in [0.1, 0.15) is 20.3 Å². The molecule has 19 heavy (non-hydrogen) atoms. The number of carbonyl (C=O) groups is 2. The fraction of sp³-hybridized carbons (Fsp3) is 0.818. The Morgan fingerprint density at radius 1 is 1.47 bits per heavy atom. The van der Waals surface area contributed by atoms with Gasteiger partial charge >= 0.3 is 5.97 Å². The smallest absolute Gasteiger partial charge is 0.332 e. The van der Waals surface area contributed by atoms with Crippen LogP contribution in [0.4, 0.5) is 0 Å². The van der Waals surface area contributed by atoms with E-state index in [2.05, 4.69) is 0 Å². The van der Waals surface area contributed by atoms with E-state index in [1.165, 1.54) is 11.8 Å². The first-order chi connectivity index (χ1) is 8.76. The van der Waals surface area contributed by atoms with Crippen molar-refractivity contribution in [3.8, 4) is 0 Å².